The van der Waals surface area contributed by atoms with Gasteiger partial charge in [-0.05, 0) is 12.1 Å². The third-order valence-electron chi connectivity index (χ3n) is 3.63. The van der Waals surface area contributed by atoms with Crippen LogP contribution in [0.25, 0.3) is 33.8 Å². The van der Waals surface area contributed by atoms with E-state index in [4.69, 9.17) is 13.7 Å². The lowest BCUT2D eigenvalue weighted by Gasteiger charge is -2.03. The van der Waals surface area contributed by atoms with Gasteiger partial charge >= 0.3 is 5.63 Å². The molecule has 0 N–H and O–H groups in total. The quantitative estimate of drug-likeness (QED) is 0.537. The van der Waals surface area contributed by atoms with Gasteiger partial charge in [-0.2, -0.15) is 4.98 Å². The van der Waals surface area contributed by atoms with Gasteiger partial charge in [0.1, 0.15) is 5.56 Å². The van der Waals surface area contributed by atoms with E-state index in [0.29, 0.717) is 22.5 Å². The zero-order chi connectivity index (χ0) is 16.5. The molecule has 0 saturated carbocycles. The molecule has 0 fully saturated rings. The fraction of sp³-hybridized carbons (Fsp3) is 0.0556. The van der Waals surface area contributed by atoms with Crippen LogP contribution in [0.4, 0.5) is 0 Å². The molecule has 0 aliphatic heterocycles. The highest BCUT2D eigenvalue weighted by Crippen LogP contribution is 2.27. The molecule has 0 aliphatic rings. The van der Waals surface area contributed by atoms with E-state index >= 15 is 0 Å². The van der Waals surface area contributed by atoms with Crippen molar-refractivity contribution in [3.63, 3.8) is 0 Å². The van der Waals surface area contributed by atoms with Crippen molar-refractivity contribution in [1.82, 2.24) is 10.1 Å². The van der Waals surface area contributed by atoms with Gasteiger partial charge in [0.25, 0.3) is 5.89 Å². The number of hydrogen-bond acceptors (Lipinski definition) is 6. The minimum absolute atomic E-state index is 0.118. The predicted molar refractivity (Wildman–Crippen MR) is 87.8 cm³/mol. The Morgan fingerprint density at radius 1 is 1.04 bits per heavy atom. The van der Waals surface area contributed by atoms with Gasteiger partial charge in [0, 0.05) is 10.9 Å². The summed E-state index contributed by atoms with van der Waals surface area (Å²) in [6.45, 7) is 0. The van der Waals surface area contributed by atoms with Gasteiger partial charge in [-0.3, -0.25) is 0 Å². The molecule has 118 valence electrons. The molecular weight excluding hydrogens is 308 g/mol. The summed E-state index contributed by atoms with van der Waals surface area (Å²) >= 11 is 0. The first-order valence-corrected chi connectivity index (χ1v) is 7.26. The number of ether oxygens (including phenoxy) is 1. The number of fused-ring (bicyclic) bond motifs is 1. The van der Waals surface area contributed by atoms with Crippen LogP contribution in [0.3, 0.4) is 0 Å². The Balaban J connectivity index is 1.84. The Morgan fingerprint density at radius 2 is 1.88 bits per heavy atom. The van der Waals surface area contributed by atoms with E-state index in [1.807, 2.05) is 42.5 Å². The van der Waals surface area contributed by atoms with Crippen molar-refractivity contribution in [2.24, 2.45) is 0 Å². The smallest absolute Gasteiger partial charge is 0.349 e. The van der Waals surface area contributed by atoms with Crippen molar-refractivity contribution in [2.75, 3.05) is 7.11 Å². The molecule has 2 aromatic carbocycles. The number of para-hydroxylation sites is 1. The van der Waals surface area contributed by atoms with Crippen molar-refractivity contribution in [2.45, 2.75) is 0 Å². The van der Waals surface area contributed by atoms with Crippen LogP contribution in [-0.2, 0) is 0 Å². The molecule has 4 aromatic rings. The maximum absolute atomic E-state index is 12.3. The monoisotopic (exact) mass is 320 g/mol. The van der Waals surface area contributed by atoms with Crippen molar-refractivity contribution in [1.29, 1.82) is 0 Å². The van der Waals surface area contributed by atoms with Crippen LogP contribution in [-0.4, -0.2) is 17.3 Å². The lowest BCUT2D eigenvalue weighted by molar-refractivity contribution is 0.405. The number of hydrogen-bond donors (Lipinski definition) is 0. The Kier molecular flexibility index (Phi) is 3.35. The molecular formula is C18H12N2O4. The molecule has 0 unspecified atom stereocenters. The summed E-state index contributed by atoms with van der Waals surface area (Å²) < 4.78 is 15.8. The van der Waals surface area contributed by atoms with Gasteiger partial charge < -0.3 is 13.7 Å². The zero-order valence-electron chi connectivity index (χ0n) is 12.7. The number of methoxy groups -OCH3 is 1. The molecule has 0 spiro atoms. The van der Waals surface area contributed by atoms with E-state index in [1.165, 1.54) is 7.11 Å². The van der Waals surface area contributed by atoms with E-state index < -0.39 is 5.63 Å². The first-order chi connectivity index (χ1) is 11.8. The standard InChI is InChI=1S/C18H12N2O4/c1-22-14-9-5-8-12-10-13(18(21)23-15(12)14)17-19-16(20-24-17)11-6-3-2-4-7-11/h2-10H,1H3. The molecule has 0 bridgehead atoms. The fourth-order valence-corrected chi connectivity index (χ4v) is 2.46. The summed E-state index contributed by atoms with van der Waals surface area (Å²) in [5.41, 5.74) is 0.844. The second kappa shape index (κ2) is 5.66. The van der Waals surface area contributed by atoms with Crippen molar-refractivity contribution < 1.29 is 13.7 Å². The van der Waals surface area contributed by atoms with Crippen LogP contribution >= 0.6 is 0 Å². The van der Waals surface area contributed by atoms with Gasteiger partial charge in [0.05, 0.1) is 7.11 Å². The summed E-state index contributed by atoms with van der Waals surface area (Å²) in [4.78, 5) is 16.6. The highest BCUT2D eigenvalue weighted by Gasteiger charge is 2.17. The molecule has 0 atom stereocenters. The lowest BCUT2D eigenvalue weighted by atomic mass is 10.1. The minimum Gasteiger partial charge on any atom is -0.493 e. The molecule has 24 heavy (non-hydrogen) atoms. The molecule has 0 saturated heterocycles. The van der Waals surface area contributed by atoms with Crippen LogP contribution in [0.1, 0.15) is 0 Å². The molecule has 0 amide bonds. The van der Waals surface area contributed by atoms with Crippen molar-refractivity contribution in [3.8, 4) is 28.6 Å². The second-order valence-electron chi connectivity index (χ2n) is 5.12. The molecule has 2 aromatic heterocycles. The van der Waals surface area contributed by atoms with E-state index in [-0.39, 0.29) is 11.5 Å². The largest absolute Gasteiger partial charge is 0.493 e. The van der Waals surface area contributed by atoms with Gasteiger partial charge in [-0.15, -0.1) is 0 Å². The maximum atomic E-state index is 12.3. The molecule has 6 nitrogen and oxygen atoms in total. The highest BCUT2D eigenvalue weighted by atomic mass is 16.5. The first-order valence-electron chi connectivity index (χ1n) is 7.26. The summed E-state index contributed by atoms with van der Waals surface area (Å²) in [5.74, 6) is 1.02. The Labute approximate surface area is 136 Å². The number of aromatic nitrogens is 2. The van der Waals surface area contributed by atoms with E-state index in [1.54, 1.807) is 12.1 Å². The van der Waals surface area contributed by atoms with Crippen LogP contribution in [0.15, 0.2) is 68.3 Å². The summed E-state index contributed by atoms with van der Waals surface area (Å²) in [6, 6.07) is 16.4. The van der Waals surface area contributed by atoms with E-state index in [2.05, 4.69) is 10.1 Å². The molecule has 0 aliphatic carbocycles. The Hall–Kier alpha value is -3.41. The molecule has 0 radical (unpaired) electrons. The second-order valence-corrected chi connectivity index (χ2v) is 5.12. The average Bonchev–Trinajstić information content (AvgIpc) is 3.11. The van der Waals surface area contributed by atoms with Gasteiger partial charge in [-0.1, -0.05) is 47.6 Å². The van der Waals surface area contributed by atoms with Gasteiger partial charge in [-0.25, -0.2) is 4.79 Å². The van der Waals surface area contributed by atoms with Crippen LogP contribution in [0.5, 0.6) is 5.75 Å². The maximum Gasteiger partial charge on any atom is 0.349 e. The molecule has 6 heteroatoms. The highest BCUT2D eigenvalue weighted by molar-refractivity contribution is 5.85. The van der Waals surface area contributed by atoms with Gasteiger partial charge in [0.15, 0.2) is 11.3 Å². The minimum atomic E-state index is -0.560. The predicted octanol–water partition coefficient (Wildman–Crippen LogP) is 3.52. The molecule has 4 rings (SSSR count). The summed E-state index contributed by atoms with van der Waals surface area (Å²) in [7, 11) is 1.52. The summed E-state index contributed by atoms with van der Waals surface area (Å²) in [5, 5.41) is 4.64. The topological polar surface area (TPSA) is 78.4 Å². The third kappa shape index (κ3) is 2.34. The SMILES string of the molecule is COc1cccc2cc(-c3nc(-c4ccccc4)no3)c(=O)oc12. The van der Waals surface area contributed by atoms with Gasteiger partial charge in [0.2, 0.25) is 5.82 Å². The molecule has 2 heterocycles. The van der Waals surface area contributed by atoms with Crippen LogP contribution in [0, 0.1) is 0 Å². The third-order valence-corrected chi connectivity index (χ3v) is 3.63. The first kappa shape index (κ1) is 14.2. The van der Waals surface area contributed by atoms with E-state index in [9.17, 15) is 4.79 Å². The fourth-order valence-electron chi connectivity index (χ4n) is 2.46. The van der Waals surface area contributed by atoms with E-state index in [0.717, 1.165) is 5.56 Å². The van der Waals surface area contributed by atoms with Crippen molar-refractivity contribution >= 4 is 11.0 Å². The number of nitrogens with zero attached hydrogens (tertiary/aromatic N) is 2. The Bertz CT molecular complexity index is 1070. The van der Waals surface area contributed by atoms with Crippen LogP contribution < -0.4 is 10.4 Å². The number of rotatable bonds is 3. The average molecular weight is 320 g/mol. The number of benzene rings is 2. The van der Waals surface area contributed by atoms with Crippen molar-refractivity contribution in [3.05, 3.63) is 65.0 Å². The lowest BCUT2D eigenvalue weighted by Crippen LogP contribution is -2.03. The van der Waals surface area contributed by atoms with Crippen LogP contribution in [0.2, 0.25) is 0 Å². The summed E-state index contributed by atoms with van der Waals surface area (Å²) in [6.07, 6.45) is 0. The normalized spacial score (nSPS) is 10.9. The zero-order valence-corrected chi connectivity index (χ0v) is 12.7. The Morgan fingerprint density at radius 3 is 2.67 bits per heavy atom.